The molecule has 3 rings (SSSR count). The van der Waals surface area contributed by atoms with Crippen molar-refractivity contribution in [2.75, 3.05) is 6.61 Å². The number of aromatic nitrogens is 3. The molecule has 0 aliphatic carbocycles. The van der Waals surface area contributed by atoms with Gasteiger partial charge in [0.1, 0.15) is 0 Å². The molecule has 2 aromatic carbocycles. The van der Waals surface area contributed by atoms with Crippen LogP contribution in [-0.2, 0) is 10.9 Å². The standard InChI is InChI=1S/C18H13ClF3N3O3/c1-2-27-17(26)28-16-23-15(11-6-4-3-5-7-11)25(24-16)14-9-8-12(10-13(14)19)18(20,21)22/h3-10H,2H2,1H3. The van der Waals surface area contributed by atoms with Crippen molar-refractivity contribution >= 4 is 17.8 Å². The second kappa shape index (κ2) is 7.89. The fraction of sp³-hybridized carbons (Fsp3) is 0.167. The van der Waals surface area contributed by atoms with Gasteiger partial charge in [-0.25, -0.2) is 9.48 Å². The number of hydrogen-bond acceptors (Lipinski definition) is 5. The van der Waals surface area contributed by atoms with Crippen molar-refractivity contribution in [2.45, 2.75) is 13.1 Å². The van der Waals surface area contributed by atoms with Crippen LogP contribution < -0.4 is 4.74 Å². The molecule has 1 aromatic heterocycles. The van der Waals surface area contributed by atoms with Crippen molar-refractivity contribution in [1.29, 1.82) is 0 Å². The number of benzene rings is 2. The van der Waals surface area contributed by atoms with Gasteiger partial charge in [-0.2, -0.15) is 18.2 Å². The Bertz CT molecular complexity index is 991. The Balaban J connectivity index is 2.09. The maximum atomic E-state index is 12.9. The molecule has 0 spiro atoms. The van der Waals surface area contributed by atoms with Crippen LogP contribution in [0.25, 0.3) is 17.1 Å². The van der Waals surface area contributed by atoms with Gasteiger partial charge >= 0.3 is 18.3 Å². The van der Waals surface area contributed by atoms with E-state index in [2.05, 4.69) is 14.8 Å². The van der Waals surface area contributed by atoms with Gasteiger partial charge in [0.15, 0.2) is 5.82 Å². The van der Waals surface area contributed by atoms with E-state index in [1.54, 1.807) is 37.3 Å². The summed E-state index contributed by atoms with van der Waals surface area (Å²) in [7, 11) is 0. The number of ether oxygens (including phenoxy) is 2. The number of hydrogen-bond donors (Lipinski definition) is 0. The summed E-state index contributed by atoms with van der Waals surface area (Å²) in [6, 6.07) is 11.2. The molecule has 0 saturated carbocycles. The highest BCUT2D eigenvalue weighted by atomic mass is 35.5. The van der Waals surface area contributed by atoms with Gasteiger partial charge in [0.05, 0.1) is 22.9 Å². The molecule has 0 saturated heterocycles. The summed E-state index contributed by atoms with van der Waals surface area (Å²) in [5.74, 6) is 0.224. The van der Waals surface area contributed by atoms with E-state index in [1.165, 1.54) is 10.7 Å². The third-order valence-corrected chi connectivity index (χ3v) is 3.86. The van der Waals surface area contributed by atoms with E-state index in [0.717, 1.165) is 12.1 Å². The summed E-state index contributed by atoms with van der Waals surface area (Å²) in [6.07, 6.45) is -5.54. The van der Waals surface area contributed by atoms with E-state index in [4.69, 9.17) is 16.3 Å². The molecule has 0 bridgehead atoms. The van der Waals surface area contributed by atoms with Crippen LogP contribution in [0.5, 0.6) is 6.01 Å². The SMILES string of the molecule is CCOC(=O)Oc1nc(-c2ccccc2)n(-c2ccc(C(F)(F)F)cc2Cl)n1. The first-order valence-corrected chi connectivity index (χ1v) is 8.41. The van der Waals surface area contributed by atoms with Crippen molar-refractivity contribution in [1.82, 2.24) is 14.8 Å². The molecule has 0 N–H and O–H groups in total. The van der Waals surface area contributed by atoms with E-state index in [1.807, 2.05) is 0 Å². The topological polar surface area (TPSA) is 66.2 Å². The summed E-state index contributed by atoms with van der Waals surface area (Å²) in [5.41, 5.74) is -0.171. The van der Waals surface area contributed by atoms with Gasteiger partial charge in [-0.3, -0.25) is 0 Å². The third-order valence-electron chi connectivity index (χ3n) is 3.56. The van der Waals surface area contributed by atoms with Gasteiger partial charge in [-0.15, -0.1) is 5.10 Å². The van der Waals surface area contributed by atoms with E-state index >= 15 is 0 Å². The Kier molecular flexibility index (Phi) is 5.55. The smallest absolute Gasteiger partial charge is 0.434 e. The van der Waals surface area contributed by atoms with Gasteiger partial charge in [-0.1, -0.05) is 41.9 Å². The fourth-order valence-corrected chi connectivity index (χ4v) is 2.62. The molecule has 0 fully saturated rings. The molecule has 1 heterocycles. The normalized spacial score (nSPS) is 11.3. The molecule has 0 atom stereocenters. The molecule has 0 aliphatic heterocycles. The molecule has 6 nitrogen and oxygen atoms in total. The molecular weight excluding hydrogens is 399 g/mol. The van der Waals surface area contributed by atoms with Crippen LogP contribution in [0.4, 0.5) is 18.0 Å². The van der Waals surface area contributed by atoms with E-state index in [0.29, 0.717) is 5.56 Å². The first-order valence-electron chi connectivity index (χ1n) is 8.03. The van der Waals surface area contributed by atoms with E-state index in [-0.39, 0.29) is 29.2 Å². The number of carbonyl (C=O) groups excluding carboxylic acids is 1. The maximum Gasteiger partial charge on any atom is 0.516 e. The molecule has 0 aliphatic rings. The Morgan fingerprint density at radius 3 is 2.50 bits per heavy atom. The molecule has 0 amide bonds. The Morgan fingerprint density at radius 2 is 1.89 bits per heavy atom. The molecule has 0 unspecified atom stereocenters. The van der Waals surface area contributed by atoms with Gasteiger partial charge in [0.2, 0.25) is 0 Å². The predicted octanol–water partition coefficient (Wildman–Crippen LogP) is 5.14. The highest BCUT2D eigenvalue weighted by Crippen LogP contribution is 2.34. The van der Waals surface area contributed by atoms with Crippen LogP contribution in [0.15, 0.2) is 48.5 Å². The van der Waals surface area contributed by atoms with Crippen LogP contribution in [-0.4, -0.2) is 27.5 Å². The zero-order chi connectivity index (χ0) is 20.3. The minimum absolute atomic E-state index is 0.0931. The van der Waals surface area contributed by atoms with Gasteiger partial charge < -0.3 is 9.47 Å². The summed E-state index contributed by atoms with van der Waals surface area (Å²) in [4.78, 5) is 15.7. The lowest BCUT2D eigenvalue weighted by Crippen LogP contribution is -2.11. The van der Waals surface area contributed by atoms with Crippen LogP contribution in [0.2, 0.25) is 5.02 Å². The first-order chi connectivity index (χ1) is 13.3. The van der Waals surface area contributed by atoms with Crippen LogP contribution in [0.1, 0.15) is 12.5 Å². The quantitative estimate of drug-likeness (QED) is 0.556. The minimum atomic E-state index is -4.54. The molecule has 0 radical (unpaired) electrons. The van der Waals surface area contributed by atoms with Crippen molar-refractivity contribution in [2.24, 2.45) is 0 Å². The molecule has 28 heavy (non-hydrogen) atoms. The van der Waals surface area contributed by atoms with E-state index < -0.39 is 17.9 Å². The second-order valence-electron chi connectivity index (χ2n) is 5.44. The van der Waals surface area contributed by atoms with Crippen molar-refractivity contribution < 1.29 is 27.4 Å². The highest BCUT2D eigenvalue weighted by molar-refractivity contribution is 6.32. The lowest BCUT2D eigenvalue weighted by atomic mass is 10.2. The number of alkyl halides is 3. The van der Waals surface area contributed by atoms with Crippen molar-refractivity contribution in [3.8, 4) is 23.1 Å². The molecule has 3 aromatic rings. The Hall–Kier alpha value is -3.07. The van der Waals surface area contributed by atoms with Crippen LogP contribution >= 0.6 is 11.6 Å². The number of nitrogens with zero attached hydrogens (tertiary/aromatic N) is 3. The minimum Gasteiger partial charge on any atom is -0.434 e. The number of carbonyl (C=O) groups is 1. The number of halogens is 4. The second-order valence-corrected chi connectivity index (χ2v) is 5.85. The van der Waals surface area contributed by atoms with Crippen molar-refractivity contribution in [3.05, 3.63) is 59.1 Å². The summed E-state index contributed by atoms with van der Waals surface area (Å²) < 4.78 is 49.5. The van der Waals surface area contributed by atoms with Crippen LogP contribution in [0.3, 0.4) is 0 Å². The Morgan fingerprint density at radius 1 is 1.18 bits per heavy atom. The largest absolute Gasteiger partial charge is 0.516 e. The third kappa shape index (κ3) is 4.25. The van der Waals surface area contributed by atoms with Crippen LogP contribution in [0, 0.1) is 0 Å². The summed E-state index contributed by atoms with van der Waals surface area (Å²) in [6.45, 7) is 1.69. The first kappa shape index (κ1) is 19.7. The van der Waals surface area contributed by atoms with Gasteiger partial charge in [-0.05, 0) is 25.1 Å². The maximum absolute atomic E-state index is 12.9. The molecule has 146 valence electrons. The average molecular weight is 412 g/mol. The lowest BCUT2D eigenvalue weighted by Gasteiger charge is -2.11. The van der Waals surface area contributed by atoms with Gasteiger partial charge in [0, 0.05) is 5.56 Å². The zero-order valence-electron chi connectivity index (χ0n) is 14.4. The highest BCUT2D eigenvalue weighted by Gasteiger charge is 2.31. The van der Waals surface area contributed by atoms with Gasteiger partial charge in [0.25, 0.3) is 0 Å². The lowest BCUT2D eigenvalue weighted by molar-refractivity contribution is -0.137. The van der Waals surface area contributed by atoms with Crippen molar-refractivity contribution in [3.63, 3.8) is 0 Å². The summed E-state index contributed by atoms with van der Waals surface area (Å²) in [5, 5.41) is 3.85. The average Bonchev–Trinajstić information content (AvgIpc) is 3.05. The monoisotopic (exact) mass is 411 g/mol. The molecular formula is C18H13ClF3N3O3. The van der Waals surface area contributed by atoms with E-state index in [9.17, 15) is 18.0 Å². The molecule has 10 heteroatoms. The summed E-state index contributed by atoms with van der Waals surface area (Å²) >= 11 is 6.07. The fourth-order valence-electron chi connectivity index (χ4n) is 2.36. The zero-order valence-corrected chi connectivity index (χ0v) is 15.2. The number of rotatable bonds is 4. The Labute approximate surface area is 162 Å². The predicted molar refractivity (Wildman–Crippen MR) is 94.5 cm³/mol.